The molecule has 0 aromatic heterocycles. The van der Waals surface area contributed by atoms with Crippen LogP contribution in [0.2, 0.25) is 5.02 Å². The van der Waals surface area contributed by atoms with Gasteiger partial charge in [-0.05, 0) is 43.3 Å². The summed E-state index contributed by atoms with van der Waals surface area (Å²) in [4.78, 5) is 11.2. The molecule has 116 valence electrons. The van der Waals surface area contributed by atoms with Gasteiger partial charge in [0, 0.05) is 10.0 Å². The molecule has 0 saturated carbocycles. The number of rotatable bonds is 4. The SMILES string of the molecule is CC(=O)c1cc(Br)ccc1NS(=O)(=O)c1cc(F)ccc1Cl. The van der Waals surface area contributed by atoms with Crippen LogP contribution in [0.1, 0.15) is 17.3 Å². The van der Waals surface area contributed by atoms with Crippen LogP contribution in [0.4, 0.5) is 10.1 Å². The molecule has 0 fully saturated rings. The zero-order valence-electron chi connectivity index (χ0n) is 11.2. The second-order valence-electron chi connectivity index (χ2n) is 4.43. The number of carbonyl (C=O) groups is 1. The van der Waals surface area contributed by atoms with E-state index in [1.54, 1.807) is 6.07 Å². The Morgan fingerprint density at radius 2 is 1.91 bits per heavy atom. The van der Waals surface area contributed by atoms with Gasteiger partial charge in [0.05, 0.1) is 10.7 Å². The summed E-state index contributed by atoms with van der Waals surface area (Å²) in [6, 6.07) is 7.54. The summed E-state index contributed by atoms with van der Waals surface area (Å²) < 4.78 is 40.9. The maximum atomic E-state index is 13.3. The predicted octanol–water partition coefficient (Wildman–Crippen LogP) is 4.25. The van der Waals surface area contributed by atoms with Gasteiger partial charge in [0.2, 0.25) is 0 Å². The summed E-state index contributed by atoms with van der Waals surface area (Å²) in [6.45, 7) is 1.31. The Bertz CT molecular complexity index is 855. The summed E-state index contributed by atoms with van der Waals surface area (Å²) in [5.74, 6) is -1.04. The van der Waals surface area contributed by atoms with E-state index in [0.29, 0.717) is 4.47 Å². The molecule has 0 unspecified atom stereocenters. The standard InChI is InChI=1S/C14H10BrClFNO3S/c1-8(19)11-6-9(15)2-5-13(11)18-22(20,21)14-7-10(17)3-4-12(14)16/h2-7,18H,1H3. The second-order valence-corrected chi connectivity index (χ2v) is 7.40. The highest BCUT2D eigenvalue weighted by Gasteiger charge is 2.21. The molecule has 0 aliphatic carbocycles. The van der Waals surface area contributed by atoms with E-state index in [1.807, 2.05) is 0 Å². The Kier molecular flexibility index (Phi) is 4.89. The van der Waals surface area contributed by atoms with Crippen LogP contribution in [-0.2, 0) is 10.0 Å². The van der Waals surface area contributed by atoms with Crippen LogP contribution in [0.5, 0.6) is 0 Å². The summed E-state index contributed by atoms with van der Waals surface area (Å²) in [6.07, 6.45) is 0. The first-order valence-corrected chi connectivity index (χ1v) is 8.64. The molecule has 0 saturated heterocycles. The number of Topliss-reactive ketones (excluding diaryl/α,β-unsaturated/α-hetero) is 1. The molecule has 0 atom stereocenters. The minimum absolute atomic E-state index is 0.0935. The molecule has 0 radical (unpaired) electrons. The molecule has 0 amide bonds. The quantitative estimate of drug-likeness (QED) is 0.772. The van der Waals surface area contributed by atoms with Gasteiger partial charge in [0.1, 0.15) is 10.7 Å². The van der Waals surface area contributed by atoms with Gasteiger partial charge in [-0.3, -0.25) is 9.52 Å². The van der Waals surface area contributed by atoms with Crippen LogP contribution in [-0.4, -0.2) is 14.2 Å². The molecule has 1 N–H and O–H groups in total. The predicted molar refractivity (Wildman–Crippen MR) is 86.4 cm³/mol. The highest BCUT2D eigenvalue weighted by atomic mass is 79.9. The highest BCUT2D eigenvalue weighted by Crippen LogP contribution is 2.27. The van der Waals surface area contributed by atoms with E-state index in [1.165, 1.54) is 19.1 Å². The van der Waals surface area contributed by atoms with Crippen LogP contribution in [0.3, 0.4) is 0 Å². The molecule has 0 bridgehead atoms. The van der Waals surface area contributed by atoms with Gasteiger partial charge >= 0.3 is 0 Å². The van der Waals surface area contributed by atoms with Crippen molar-refractivity contribution in [1.29, 1.82) is 0 Å². The zero-order valence-corrected chi connectivity index (χ0v) is 14.4. The summed E-state index contributed by atoms with van der Waals surface area (Å²) in [5, 5.41) is -0.115. The number of hydrogen-bond donors (Lipinski definition) is 1. The summed E-state index contributed by atoms with van der Waals surface area (Å²) >= 11 is 9.02. The molecule has 0 spiro atoms. The van der Waals surface area contributed by atoms with E-state index in [4.69, 9.17) is 11.6 Å². The largest absolute Gasteiger partial charge is 0.294 e. The maximum absolute atomic E-state index is 13.3. The third-order valence-corrected chi connectivity index (χ3v) is 5.13. The van der Waals surface area contributed by atoms with Crippen molar-refractivity contribution in [1.82, 2.24) is 0 Å². The van der Waals surface area contributed by atoms with E-state index >= 15 is 0 Å². The number of carbonyl (C=O) groups excluding carboxylic acids is 1. The first kappa shape index (κ1) is 16.9. The Hall–Kier alpha value is -1.44. The minimum Gasteiger partial charge on any atom is -0.294 e. The fourth-order valence-corrected chi connectivity index (χ4v) is 3.73. The zero-order chi connectivity index (χ0) is 16.5. The fraction of sp³-hybridized carbons (Fsp3) is 0.0714. The number of anilines is 1. The normalized spacial score (nSPS) is 11.3. The molecule has 2 rings (SSSR count). The average molecular weight is 407 g/mol. The van der Waals surface area contributed by atoms with Crippen LogP contribution < -0.4 is 4.72 Å². The van der Waals surface area contributed by atoms with Crippen molar-refractivity contribution in [2.45, 2.75) is 11.8 Å². The van der Waals surface area contributed by atoms with Gasteiger partial charge in [-0.15, -0.1) is 0 Å². The Morgan fingerprint density at radius 3 is 2.55 bits per heavy atom. The van der Waals surface area contributed by atoms with Crippen molar-refractivity contribution in [3.05, 3.63) is 57.3 Å². The molecule has 0 aliphatic heterocycles. The molecule has 0 heterocycles. The number of sulfonamides is 1. The third kappa shape index (κ3) is 3.66. The van der Waals surface area contributed by atoms with E-state index in [-0.39, 0.29) is 22.1 Å². The van der Waals surface area contributed by atoms with Crippen molar-refractivity contribution >= 4 is 49.0 Å². The van der Waals surface area contributed by atoms with Crippen molar-refractivity contribution in [3.63, 3.8) is 0 Å². The Balaban J connectivity index is 2.50. The number of ketones is 1. The van der Waals surface area contributed by atoms with E-state index in [0.717, 1.165) is 18.2 Å². The van der Waals surface area contributed by atoms with Crippen molar-refractivity contribution in [2.75, 3.05) is 4.72 Å². The lowest BCUT2D eigenvalue weighted by atomic mass is 10.1. The van der Waals surface area contributed by atoms with Gasteiger partial charge in [-0.1, -0.05) is 27.5 Å². The van der Waals surface area contributed by atoms with E-state index in [2.05, 4.69) is 20.7 Å². The van der Waals surface area contributed by atoms with E-state index < -0.39 is 20.7 Å². The molecule has 22 heavy (non-hydrogen) atoms. The van der Waals surface area contributed by atoms with Crippen LogP contribution >= 0.6 is 27.5 Å². The molecular weight excluding hydrogens is 397 g/mol. The Morgan fingerprint density at radius 1 is 1.23 bits per heavy atom. The Labute approximate surface area is 140 Å². The van der Waals surface area contributed by atoms with Crippen LogP contribution in [0.25, 0.3) is 0 Å². The first-order chi connectivity index (χ1) is 10.2. The van der Waals surface area contributed by atoms with Gasteiger partial charge in [-0.25, -0.2) is 12.8 Å². The molecular formula is C14H10BrClFNO3S. The van der Waals surface area contributed by atoms with Crippen LogP contribution in [0.15, 0.2) is 45.8 Å². The smallest absolute Gasteiger partial charge is 0.263 e. The maximum Gasteiger partial charge on any atom is 0.263 e. The summed E-state index contributed by atoms with van der Waals surface area (Å²) in [7, 11) is -4.12. The lowest BCUT2D eigenvalue weighted by Gasteiger charge is -2.12. The van der Waals surface area contributed by atoms with Gasteiger partial charge in [0.15, 0.2) is 5.78 Å². The van der Waals surface area contributed by atoms with Crippen LogP contribution in [0, 0.1) is 5.82 Å². The second kappa shape index (κ2) is 6.36. The molecule has 2 aromatic rings. The topological polar surface area (TPSA) is 63.2 Å². The number of nitrogens with one attached hydrogen (secondary N) is 1. The number of hydrogen-bond acceptors (Lipinski definition) is 3. The van der Waals surface area contributed by atoms with E-state index in [9.17, 15) is 17.6 Å². The average Bonchev–Trinajstić information content (AvgIpc) is 2.43. The monoisotopic (exact) mass is 405 g/mol. The summed E-state index contributed by atoms with van der Waals surface area (Å²) in [5.41, 5.74) is 0.279. The fourth-order valence-electron chi connectivity index (χ4n) is 1.78. The third-order valence-electron chi connectivity index (χ3n) is 2.79. The lowest BCUT2D eigenvalue weighted by molar-refractivity contribution is 0.101. The molecule has 0 aliphatic rings. The number of benzene rings is 2. The lowest BCUT2D eigenvalue weighted by Crippen LogP contribution is -2.16. The highest BCUT2D eigenvalue weighted by molar-refractivity contribution is 9.10. The minimum atomic E-state index is -4.12. The van der Waals surface area contributed by atoms with Crippen molar-refractivity contribution in [3.8, 4) is 0 Å². The van der Waals surface area contributed by atoms with Gasteiger partial charge in [-0.2, -0.15) is 0 Å². The first-order valence-electron chi connectivity index (χ1n) is 5.99. The molecule has 2 aromatic carbocycles. The van der Waals surface area contributed by atoms with Crippen molar-refractivity contribution in [2.24, 2.45) is 0 Å². The van der Waals surface area contributed by atoms with Gasteiger partial charge < -0.3 is 0 Å². The number of halogens is 3. The molecule has 8 heteroatoms. The van der Waals surface area contributed by atoms with Gasteiger partial charge in [0.25, 0.3) is 10.0 Å². The van der Waals surface area contributed by atoms with Crippen molar-refractivity contribution < 1.29 is 17.6 Å². The molecule has 4 nitrogen and oxygen atoms in total.